The van der Waals surface area contributed by atoms with Crippen molar-refractivity contribution in [2.45, 2.75) is 10.1 Å². The molecule has 0 bridgehead atoms. The van der Waals surface area contributed by atoms with Crippen LogP contribution in [0.1, 0.15) is 10.8 Å². The lowest BCUT2D eigenvalue weighted by molar-refractivity contribution is 0.292. The second kappa shape index (κ2) is 8.01. The van der Waals surface area contributed by atoms with E-state index in [-0.39, 0.29) is 18.0 Å². The van der Waals surface area contributed by atoms with E-state index in [1.54, 1.807) is 24.3 Å². The van der Waals surface area contributed by atoms with Gasteiger partial charge in [-0.15, -0.1) is 0 Å². The van der Waals surface area contributed by atoms with Gasteiger partial charge in [-0.3, -0.25) is 0 Å². The summed E-state index contributed by atoms with van der Waals surface area (Å²) < 4.78 is 39.7. The smallest absolute Gasteiger partial charge is 0.186 e. The van der Waals surface area contributed by atoms with Crippen molar-refractivity contribution in [3.8, 4) is 0 Å². The Morgan fingerprint density at radius 3 is 2.26 bits per heavy atom. The maximum atomic E-state index is 13.1. The van der Waals surface area contributed by atoms with Gasteiger partial charge in [-0.2, -0.15) is 0 Å². The number of rotatable bonds is 7. The summed E-state index contributed by atoms with van der Waals surface area (Å²) in [7, 11) is -3.69. The number of aliphatic hydroxyl groups excluding tert-OH is 1. The van der Waals surface area contributed by atoms with Gasteiger partial charge in [0.25, 0.3) is 0 Å². The van der Waals surface area contributed by atoms with Gasteiger partial charge in [0.1, 0.15) is 11.1 Å². The fourth-order valence-corrected chi connectivity index (χ4v) is 4.15. The molecule has 2 N–H and O–H groups in total. The molecule has 4 nitrogen and oxygen atoms in total. The Morgan fingerprint density at radius 2 is 1.70 bits per heavy atom. The average Bonchev–Trinajstić information content (AvgIpc) is 2.53. The van der Waals surface area contributed by atoms with Gasteiger partial charge in [0.2, 0.25) is 0 Å². The number of sulfone groups is 1. The molecule has 0 saturated heterocycles. The van der Waals surface area contributed by atoms with Crippen LogP contribution in [0.25, 0.3) is 0 Å². The topological polar surface area (TPSA) is 66.4 Å². The highest BCUT2D eigenvalue weighted by Gasteiger charge is 2.28. The van der Waals surface area contributed by atoms with Gasteiger partial charge in [0, 0.05) is 17.6 Å². The molecule has 0 saturated carbocycles. The third kappa shape index (κ3) is 4.60. The first-order valence-corrected chi connectivity index (χ1v) is 9.35. The third-order valence-electron chi connectivity index (χ3n) is 3.38. The van der Waals surface area contributed by atoms with E-state index in [0.717, 1.165) is 16.6 Å². The highest BCUT2D eigenvalue weighted by molar-refractivity contribution is 9.10. The Kier molecular flexibility index (Phi) is 6.29. The summed E-state index contributed by atoms with van der Waals surface area (Å²) >= 11 is 3.32. The van der Waals surface area contributed by atoms with E-state index < -0.39 is 20.9 Å². The number of benzene rings is 2. The summed E-state index contributed by atoms with van der Waals surface area (Å²) in [4.78, 5) is 0.0672. The molecule has 1 unspecified atom stereocenters. The molecule has 0 aliphatic rings. The third-order valence-corrected chi connectivity index (χ3v) is 6.02. The Balaban J connectivity index is 2.38. The molecule has 7 heteroatoms. The summed E-state index contributed by atoms with van der Waals surface area (Å²) in [6.07, 6.45) is 0. The Hall–Kier alpha value is -1.28. The normalized spacial score (nSPS) is 13.0. The highest BCUT2D eigenvalue weighted by Crippen LogP contribution is 2.29. The van der Waals surface area contributed by atoms with Gasteiger partial charge in [-0.05, 0) is 42.0 Å². The van der Waals surface area contributed by atoms with Crippen LogP contribution in [0.4, 0.5) is 4.39 Å². The molecular formula is C16H17BrFNO3S. The number of aliphatic hydroxyl groups is 1. The Morgan fingerprint density at radius 1 is 1.09 bits per heavy atom. The molecule has 0 aromatic heterocycles. The van der Waals surface area contributed by atoms with E-state index in [9.17, 15) is 12.8 Å². The molecule has 2 aromatic rings. The molecule has 0 spiro atoms. The fraction of sp³-hybridized carbons (Fsp3) is 0.250. The van der Waals surface area contributed by atoms with Crippen molar-refractivity contribution in [3.63, 3.8) is 0 Å². The van der Waals surface area contributed by atoms with E-state index in [1.165, 1.54) is 12.1 Å². The fourth-order valence-electron chi connectivity index (χ4n) is 2.18. The molecule has 2 rings (SSSR count). The van der Waals surface area contributed by atoms with Crippen LogP contribution in [-0.2, 0) is 9.84 Å². The Bertz CT molecular complexity index is 733. The van der Waals surface area contributed by atoms with Gasteiger partial charge in [-0.1, -0.05) is 28.1 Å². The molecule has 0 heterocycles. The monoisotopic (exact) mass is 401 g/mol. The van der Waals surface area contributed by atoms with Crippen LogP contribution in [-0.4, -0.2) is 33.2 Å². The van der Waals surface area contributed by atoms with Crippen molar-refractivity contribution in [1.29, 1.82) is 0 Å². The van der Waals surface area contributed by atoms with E-state index in [1.807, 2.05) is 0 Å². The minimum absolute atomic E-state index is 0.0672. The molecule has 1 atom stereocenters. The van der Waals surface area contributed by atoms with Crippen LogP contribution < -0.4 is 5.32 Å². The lowest BCUT2D eigenvalue weighted by Crippen LogP contribution is -2.29. The van der Waals surface area contributed by atoms with E-state index in [4.69, 9.17) is 5.11 Å². The molecule has 0 radical (unpaired) electrons. The first kappa shape index (κ1) is 18.1. The molecule has 2 aromatic carbocycles. The van der Waals surface area contributed by atoms with E-state index in [2.05, 4.69) is 21.2 Å². The lowest BCUT2D eigenvalue weighted by Gasteiger charge is -2.19. The first-order valence-electron chi connectivity index (χ1n) is 7.01. The van der Waals surface area contributed by atoms with Crippen molar-refractivity contribution in [1.82, 2.24) is 5.32 Å². The summed E-state index contributed by atoms with van der Waals surface area (Å²) in [5, 5.41) is 11.0. The van der Waals surface area contributed by atoms with Crippen molar-refractivity contribution in [3.05, 3.63) is 64.4 Å². The minimum atomic E-state index is -3.69. The zero-order valence-corrected chi connectivity index (χ0v) is 14.6. The van der Waals surface area contributed by atoms with Crippen LogP contribution in [0, 0.1) is 5.82 Å². The Labute approximate surface area is 143 Å². The zero-order valence-electron chi connectivity index (χ0n) is 12.2. The molecule has 0 aliphatic heterocycles. The summed E-state index contributed by atoms with van der Waals surface area (Å²) in [5.74, 6) is -0.484. The number of hydrogen-bond donors (Lipinski definition) is 2. The van der Waals surface area contributed by atoms with Crippen LogP contribution in [0.15, 0.2) is 57.9 Å². The summed E-state index contributed by atoms with van der Waals surface area (Å²) in [6, 6.07) is 11.8. The molecule has 0 amide bonds. The van der Waals surface area contributed by atoms with Crippen molar-refractivity contribution in [2.24, 2.45) is 0 Å². The SMILES string of the molecule is O=S(=O)(c1ccc(F)cc1)C(CNCCO)c1ccc(Br)cc1. The second-order valence-electron chi connectivity index (χ2n) is 4.97. The van der Waals surface area contributed by atoms with Gasteiger partial charge in [0.15, 0.2) is 9.84 Å². The van der Waals surface area contributed by atoms with Gasteiger partial charge < -0.3 is 10.4 Å². The average molecular weight is 402 g/mol. The maximum absolute atomic E-state index is 13.1. The second-order valence-corrected chi connectivity index (χ2v) is 8.01. The zero-order chi connectivity index (χ0) is 16.9. The summed E-state index contributed by atoms with van der Waals surface area (Å²) in [5.41, 5.74) is 0.628. The van der Waals surface area contributed by atoms with Crippen LogP contribution >= 0.6 is 15.9 Å². The van der Waals surface area contributed by atoms with E-state index in [0.29, 0.717) is 12.1 Å². The van der Waals surface area contributed by atoms with Crippen LogP contribution in [0.3, 0.4) is 0 Å². The van der Waals surface area contributed by atoms with Gasteiger partial charge >= 0.3 is 0 Å². The van der Waals surface area contributed by atoms with Crippen molar-refractivity contribution >= 4 is 25.8 Å². The van der Waals surface area contributed by atoms with Crippen molar-refractivity contribution in [2.75, 3.05) is 19.7 Å². The predicted octanol–water partition coefficient (Wildman–Crippen LogP) is 2.69. The van der Waals surface area contributed by atoms with Crippen molar-refractivity contribution < 1.29 is 17.9 Å². The maximum Gasteiger partial charge on any atom is 0.186 e. The largest absolute Gasteiger partial charge is 0.395 e. The first-order chi connectivity index (χ1) is 10.9. The standard InChI is InChI=1S/C16H17BrFNO3S/c17-13-3-1-12(2-4-13)16(11-19-9-10-20)23(21,22)15-7-5-14(18)6-8-15/h1-8,16,19-20H,9-11H2. The van der Waals surface area contributed by atoms with Gasteiger partial charge in [-0.25, -0.2) is 12.8 Å². The lowest BCUT2D eigenvalue weighted by atomic mass is 10.1. The molecule has 124 valence electrons. The number of halogens is 2. The predicted molar refractivity (Wildman–Crippen MR) is 90.4 cm³/mol. The molecule has 23 heavy (non-hydrogen) atoms. The van der Waals surface area contributed by atoms with Crippen LogP contribution in [0.5, 0.6) is 0 Å². The summed E-state index contributed by atoms with van der Waals surface area (Å²) in [6.45, 7) is 0.373. The number of nitrogens with one attached hydrogen (secondary N) is 1. The molecular weight excluding hydrogens is 385 g/mol. The van der Waals surface area contributed by atoms with E-state index >= 15 is 0 Å². The molecule has 0 fully saturated rings. The van der Waals surface area contributed by atoms with Gasteiger partial charge in [0.05, 0.1) is 11.5 Å². The minimum Gasteiger partial charge on any atom is -0.395 e. The number of hydrogen-bond acceptors (Lipinski definition) is 4. The quantitative estimate of drug-likeness (QED) is 0.552. The van der Waals surface area contributed by atoms with Crippen LogP contribution in [0.2, 0.25) is 0 Å². The molecule has 0 aliphatic carbocycles. The highest BCUT2D eigenvalue weighted by atomic mass is 79.9.